The molecule has 0 aliphatic heterocycles. The van der Waals surface area contributed by atoms with Crippen LogP contribution >= 0.6 is 23.1 Å². The minimum absolute atomic E-state index is 0.273. The van der Waals surface area contributed by atoms with E-state index in [9.17, 15) is 14.4 Å². The fourth-order valence-corrected chi connectivity index (χ4v) is 4.91. The molecule has 0 unspecified atom stereocenters. The Labute approximate surface area is 182 Å². The number of H-pyrrole nitrogens is 1. The Morgan fingerprint density at radius 3 is 2.63 bits per heavy atom. The number of carbonyl (C=O) groups is 2. The van der Waals surface area contributed by atoms with Crippen LogP contribution < -0.4 is 10.9 Å². The van der Waals surface area contributed by atoms with Gasteiger partial charge in [-0.25, -0.2) is 4.98 Å². The second kappa shape index (κ2) is 8.61. The van der Waals surface area contributed by atoms with Crippen LogP contribution in [-0.2, 0) is 9.53 Å². The van der Waals surface area contributed by atoms with Crippen LogP contribution in [0.25, 0.3) is 10.2 Å². The molecule has 0 spiro atoms. The van der Waals surface area contributed by atoms with Crippen molar-refractivity contribution in [3.05, 3.63) is 50.6 Å². The summed E-state index contributed by atoms with van der Waals surface area (Å²) < 4.78 is 4.17. The molecule has 2 N–H and O–H groups in total. The molecule has 7 nitrogen and oxygen atoms in total. The number of ether oxygens (including phenoxy) is 1. The summed E-state index contributed by atoms with van der Waals surface area (Å²) in [6.45, 7) is 9.07. The summed E-state index contributed by atoms with van der Waals surface area (Å²) in [6, 6.07) is 7.49. The summed E-state index contributed by atoms with van der Waals surface area (Å²) in [5.41, 5.74) is 1.90. The maximum Gasteiger partial charge on any atom is 0.322 e. The highest BCUT2D eigenvalue weighted by Crippen LogP contribution is 2.34. The van der Waals surface area contributed by atoms with Gasteiger partial charge >= 0.3 is 5.97 Å². The second-order valence-corrected chi connectivity index (χ2v) is 9.82. The Bertz CT molecular complexity index is 1180. The molecule has 1 amide bonds. The van der Waals surface area contributed by atoms with Gasteiger partial charge in [0.25, 0.3) is 11.5 Å². The lowest BCUT2D eigenvalue weighted by Gasteiger charge is -2.20. The molecule has 2 heterocycles. The summed E-state index contributed by atoms with van der Waals surface area (Å²) in [7, 11) is 0. The Balaban J connectivity index is 1.95. The van der Waals surface area contributed by atoms with Crippen LogP contribution in [0.2, 0.25) is 0 Å². The van der Waals surface area contributed by atoms with Crippen LogP contribution in [0.4, 0.5) is 5.69 Å². The van der Waals surface area contributed by atoms with Crippen molar-refractivity contribution in [2.24, 2.45) is 0 Å². The van der Waals surface area contributed by atoms with Crippen molar-refractivity contribution >= 4 is 50.9 Å². The first-order chi connectivity index (χ1) is 14.1. The summed E-state index contributed by atoms with van der Waals surface area (Å²) in [4.78, 5) is 45.8. The van der Waals surface area contributed by atoms with Crippen LogP contribution in [0.15, 0.2) is 34.2 Å². The summed E-state index contributed by atoms with van der Waals surface area (Å²) in [6.07, 6.45) is 0. The highest BCUT2D eigenvalue weighted by Gasteiger charge is 2.32. The fourth-order valence-electron chi connectivity index (χ4n) is 2.87. The SMILES string of the molecule is CCOC(=O)C(C)(C)Sc1nc2sc(C(=O)Nc3ccccc3C)c(C)c2c(=O)[nH]1. The van der Waals surface area contributed by atoms with E-state index in [-0.39, 0.29) is 18.1 Å². The first-order valence-corrected chi connectivity index (χ1v) is 11.0. The monoisotopic (exact) mass is 445 g/mol. The number of nitrogens with zero attached hydrogens (tertiary/aromatic N) is 1. The lowest BCUT2D eigenvalue weighted by atomic mass is 10.2. The highest BCUT2D eigenvalue weighted by atomic mass is 32.2. The first kappa shape index (κ1) is 22.0. The van der Waals surface area contributed by atoms with Gasteiger partial charge in [0, 0.05) is 5.69 Å². The Hall–Kier alpha value is -2.65. The quantitative estimate of drug-likeness (QED) is 0.333. The van der Waals surface area contributed by atoms with Crippen molar-refractivity contribution in [3.63, 3.8) is 0 Å². The van der Waals surface area contributed by atoms with Crippen LogP contribution in [0, 0.1) is 13.8 Å². The van der Waals surface area contributed by atoms with Crippen molar-refractivity contribution in [1.29, 1.82) is 0 Å². The van der Waals surface area contributed by atoms with Gasteiger partial charge in [-0.1, -0.05) is 30.0 Å². The van der Waals surface area contributed by atoms with Crippen molar-refractivity contribution in [2.75, 3.05) is 11.9 Å². The standard InChI is InChI=1S/C21H23N3O4S2/c1-6-28-19(27)21(4,5)30-20-23-16(25)14-12(3)15(29-18(14)24-20)17(26)22-13-10-8-7-9-11(13)2/h7-10H,6H2,1-5H3,(H,22,26)(H,23,24,25). The molecule has 9 heteroatoms. The summed E-state index contributed by atoms with van der Waals surface area (Å²) >= 11 is 2.27. The second-order valence-electron chi connectivity index (χ2n) is 7.21. The lowest BCUT2D eigenvalue weighted by Crippen LogP contribution is -2.30. The largest absolute Gasteiger partial charge is 0.465 e. The molecule has 0 aliphatic carbocycles. The number of benzene rings is 1. The van der Waals surface area contributed by atoms with Crippen LogP contribution in [0.5, 0.6) is 0 Å². The predicted molar refractivity (Wildman–Crippen MR) is 121 cm³/mol. The topological polar surface area (TPSA) is 101 Å². The fraction of sp³-hybridized carbons (Fsp3) is 0.333. The van der Waals surface area contributed by atoms with Gasteiger partial charge in [-0.15, -0.1) is 11.3 Å². The number of nitrogens with one attached hydrogen (secondary N) is 2. The third kappa shape index (κ3) is 4.41. The van der Waals surface area contributed by atoms with Crippen molar-refractivity contribution < 1.29 is 14.3 Å². The number of aromatic amines is 1. The Morgan fingerprint density at radius 2 is 1.97 bits per heavy atom. The van der Waals surface area contributed by atoms with Gasteiger partial charge in [-0.2, -0.15) is 0 Å². The molecular weight excluding hydrogens is 422 g/mol. The number of fused-ring (bicyclic) bond motifs is 1. The first-order valence-electron chi connectivity index (χ1n) is 9.40. The van der Waals surface area contributed by atoms with Crippen LogP contribution in [0.1, 0.15) is 41.6 Å². The number of esters is 1. The van der Waals surface area contributed by atoms with Gasteiger partial charge in [0.05, 0.1) is 16.9 Å². The lowest BCUT2D eigenvalue weighted by molar-refractivity contribution is -0.145. The molecule has 0 radical (unpaired) electrons. The van der Waals surface area contributed by atoms with Gasteiger partial charge in [-0.05, 0) is 51.8 Å². The van der Waals surface area contributed by atoms with Crippen molar-refractivity contribution in [1.82, 2.24) is 9.97 Å². The van der Waals surface area contributed by atoms with E-state index in [1.54, 1.807) is 27.7 Å². The third-order valence-corrected chi connectivity index (χ3v) is 6.75. The molecule has 0 fully saturated rings. The van der Waals surface area contributed by atoms with Gasteiger partial charge in [-0.3, -0.25) is 14.4 Å². The molecule has 0 saturated heterocycles. The van der Waals surface area contributed by atoms with E-state index >= 15 is 0 Å². The van der Waals surface area contributed by atoms with E-state index in [2.05, 4.69) is 15.3 Å². The molecule has 2 aromatic heterocycles. The molecule has 158 valence electrons. The zero-order valence-corrected chi connectivity index (χ0v) is 19.0. The maximum atomic E-state index is 12.8. The Morgan fingerprint density at radius 1 is 1.27 bits per heavy atom. The zero-order chi connectivity index (χ0) is 22.1. The third-order valence-electron chi connectivity index (χ3n) is 4.50. The number of hydrogen-bond donors (Lipinski definition) is 2. The number of amides is 1. The number of para-hydroxylation sites is 1. The molecule has 0 bridgehead atoms. The van der Waals surface area contributed by atoms with Crippen molar-refractivity contribution in [3.8, 4) is 0 Å². The normalized spacial score (nSPS) is 11.5. The van der Waals surface area contributed by atoms with E-state index < -0.39 is 10.7 Å². The van der Waals surface area contributed by atoms with E-state index in [4.69, 9.17) is 4.74 Å². The maximum absolute atomic E-state index is 12.8. The molecule has 1 aromatic carbocycles. The number of rotatable bonds is 6. The smallest absolute Gasteiger partial charge is 0.322 e. The summed E-state index contributed by atoms with van der Waals surface area (Å²) in [5, 5.41) is 3.58. The molecule has 0 atom stereocenters. The molecule has 0 saturated carbocycles. The minimum Gasteiger partial charge on any atom is -0.465 e. The average Bonchev–Trinajstić information content (AvgIpc) is 3.00. The number of anilines is 1. The molecule has 30 heavy (non-hydrogen) atoms. The highest BCUT2D eigenvalue weighted by molar-refractivity contribution is 8.01. The number of aryl methyl sites for hydroxylation is 2. The van der Waals surface area contributed by atoms with E-state index in [1.165, 1.54) is 0 Å². The van der Waals surface area contributed by atoms with Crippen LogP contribution in [-0.4, -0.2) is 33.2 Å². The van der Waals surface area contributed by atoms with E-state index in [1.807, 2.05) is 31.2 Å². The minimum atomic E-state index is -0.920. The van der Waals surface area contributed by atoms with Gasteiger partial charge < -0.3 is 15.0 Å². The molecule has 3 aromatic rings. The number of aromatic nitrogens is 2. The summed E-state index contributed by atoms with van der Waals surface area (Å²) in [5.74, 6) is -0.677. The van der Waals surface area contributed by atoms with E-state index in [0.717, 1.165) is 28.7 Å². The number of hydrogen-bond acceptors (Lipinski definition) is 7. The molecule has 3 rings (SSSR count). The van der Waals surface area contributed by atoms with Gasteiger partial charge in [0.1, 0.15) is 9.58 Å². The van der Waals surface area contributed by atoms with Gasteiger partial charge in [0.2, 0.25) is 0 Å². The number of thioether (sulfide) groups is 1. The number of thiophene rings is 1. The average molecular weight is 446 g/mol. The Kier molecular flexibility index (Phi) is 6.33. The molecular formula is C21H23N3O4S2. The van der Waals surface area contributed by atoms with Crippen molar-refractivity contribution in [2.45, 2.75) is 44.5 Å². The zero-order valence-electron chi connectivity index (χ0n) is 17.4. The predicted octanol–water partition coefficient (Wildman–Crippen LogP) is 4.29. The van der Waals surface area contributed by atoms with Crippen LogP contribution in [0.3, 0.4) is 0 Å². The van der Waals surface area contributed by atoms with Gasteiger partial charge in [0.15, 0.2) is 5.16 Å². The molecule has 0 aliphatic rings. The van der Waals surface area contributed by atoms with E-state index in [0.29, 0.717) is 31.5 Å². The number of carbonyl (C=O) groups excluding carboxylic acids is 2.